The molecule has 0 fully saturated rings. The smallest absolute Gasteiger partial charge is 0.0749 e. The van der Waals surface area contributed by atoms with Gasteiger partial charge in [-0.1, -0.05) is 38.8 Å². The minimum absolute atomic E-state index is 0.326. The van der Waals surface area contributed by atoms with Crippen molar-refractivity contribution >= 4 is 0 Å². The third-order valence-corrected chi connectivity index (χ3v) is 1.78. The minimum Gasteiger partial charge on any atom is -0.377 e. The molecule has 0 saturated carbocycles. The summed E-state index contributed by atoms with van der Waals surface area (Å²) in [7, 11) is 1.76. The van der Waals surface area contributed by atoms with Crippen molar-refractivity contribution in [3.63, 3.8) is 0 Å². The van der Waals surface area contributed by atoms with Gasteiger partial charge in [0.1, 0.15) is 0 Å². The van der Waals surface area contributed by atoms with E-state index in [-0.39, 0.29) is 0 Å². The number of allylic oxidation sites excluding steroid dienone is 1. The molecule has 0 unspecified atom stereocenters. The normalized spacial score (nSPS) is 14.1. The highest BCUT2D eigenvalue weighted by atomic mass is 16.5. The Morgan fingerprint density at radius 2 is 2.09 bits per heavy atom. The van der Waals surface area contributed by atoms with Gasteiger partial charge >= 0.3 is 0 Å². The van der Waals surface area contributed by atoms with E-state index in [0.29, 0.717) is 6.10 Å². The Balaban J connectivity index is 3.36. The number of rotatable bonds is 6. The topological polar surface area (TPSA) is 9.23 Å². The zero-order valence-corrected chi connectivity index (χ0v) is 7.97. The van der Waals surface area contributed by atoms with Gasteiger partial charge in [0.05, 0.1) is 6.10 Å². The van der Waals surface area contributed by atoms with E-state index in [1.807, 2.05) is 0 Å². The summed E-state index contributed by atoms with van der Waals surface area (Å²) in [5, 5.41) is 0. The lowest BCUT2D eigenvalue weighted by atomic mass is 10.2. The highest BCUT2D eigenvalue weighted by Gasteiger charge is 1.95. The number of methoxy groups -OCH3 is 1. The van der Waals surface area contributed by atoms with E-state index < -0.39 is 0 Å². The molecule has 0 spiro atoms. The van der Waals surface area contributed by atoms with Gasteiger partial charge in [-0.2, -0.15) is 0 Å². The molecule has 66 valence electrons. The molecule has 0 bridgehead atoms. The monoisotopic (exact) mass is 156 g/mol. The van der Waals surface area contributed by atoms with Crippen molar-refractivity contribution in [2.24, 2.45) is 0 Å². The first kappa shape index (κ1) is 10.7. The molecule has 0 aliphatic heterocycles. The van der Waals surface area contributed by atoms with Crippen molar-refractivity contribution in [1.29, 1.82) is 0 Å². The number of ether oxygens (including phenoxy) is 1. The van der Waals surface area contributed by atoms with Crippen LogP contribution in [0, 0.1) is 0 Å². The summed E-state index contributed by atoms with van der Waals surface area (Å²) in [6.07, 6.45) is 9.53. The maximum atomic E-state index is 5.19. The Bertz CT molecular complexity index is 93.0. The summed E-state index contributed by atoms with van der Waals surface area (Å²) in [4.78, 5) is 0. The summed E-state index contributed by atoms with van der Waals surface area (Å²) >= 11 is 0. The van der Waals surface area contributed by atoms with Crippen molar-refractivity contribution in [1.82, 2.24) is 0 Å². The zero-order chi connectivity index (χ0) is 8.53. The van der Waals surface area contributed by atoms with E-state index in [0.717, 1.165) is 6.42 Å². The van der Waals surface area contributed by atoms with Gasteiger partial charge in [-0.05, 0) is 12.8 Å². The van der Waals surface area contributed by atoms with Gasteiger partial charge in [-0.15, -0.1) is 0 Å². The van der Waals surface area contributed by atoms with Gasteiger partial charge in [-0.3, -0.25) is 0 Å². The predicted molar refractivity (Wildman–Crippen MR) is 49.8 cm³/mol. The lowest BCUT2D eigenvalue weighted by Gasteiger charge is -2.05. The molecule has 0 aliphatic rings. The third kappa shape index (κ3) is 6.11. The molecule has 0 aromatic rings. The van der Waals surface area contributed by atoms with Crippen LogP contribution < -0.4 is 0 Å². The molecule has 11 heavy (non-hydrogen) atoms. The van der Waals surface area contributed by atoms with E-state index in [4.69, 9.17) is 4.74 Å². The standard InChI is InChI=1S/C10H20O/c1-4-6-7-8-9-10(5-2)11-3/h8-10H,4-7H2,1-3H3/b9-8+/t10-/m1/s1. The Labute approximate surface area is 70.4 Å². The molecule has 0 aliphatic carbocycles. The van der Waals surface area contributed by atoms with Gasteiger partial charge in [0.2, 0.25) is 0 Å². The van der Waals surface area contributed by atoms with Gasteiger partial charge < -0.3 is 4.74 Å². The summed E-state index contributed by atoms with van der Waals surface area (Å²) in [6.45, 7) is 4.35. The Morgan fingerprint density at radius 1 is 1.36 bits per heavy atom. The van der Waals surface area contributed by atoms with Crippen LogP contribution in [0.1, 0.15) is 39.5 Å². The van der Waals surface area contributed by atoms with Crippen LogP contribution in [0.4, 0.5) is 0 Å². The van der Waals surface area contributed by atoms with Crippen LogP contribution in [-0.2, 0) is 4.74 Å². The fourth-order valence-corrected chi connectivity index (χ4v) is 0.951. The molecule has 0 N–H and O–H groups in total. The second-order valence-corrected chi connectivity index (χ2v) is 2.75. The molecule has 1 atom stereocenters. The maximum Gasteiger partial charge on any atom is 0.0749 e. The summed E-state index contributed by atoms with van der Waals surface area (Å²) in [5.74, 6) is 0. The number of unbranched alkanes of at least 4 members (excludes halogenated alkanes) is 2. The largest absolute Gasteiger partial charge is 0.377 e. The van der Waals surface area contributed by atoms with Crippen LogP contribution >= 0.6 is 0 Å². The molecule has 0 aromatic heterocycles. The fourth-order valence-electron chi connectivity index (χ4n) is 0.951. The lowest BCUT2D eigenvalue weighted by Crippen LogP contribution is -2.03. The van der Waals surface area contributed by atoms with Crippen LogP contribution in [0.5, 0.6) is 0 Å². The molecular formula is C10H20O. The average Bonchev–Trinajstić information content (AvgIpc) is 2.05. The summed E-state index contributed by atoms with van der Waals surface area (Å²) < 4.78 is 5.19. The molecule has 0 rings (SSSR count). The Kier molecular flexibility index (Phi) is 7.59. The van der Waals surface area contributed by atoms with Crippen LogP contribution in [0.25, 0.3) is 0 Å². The van der Waals surface area contributed by atoms with Crippen molar-refractivity contribution in [2.75, 3.05) is 7.11 Å². The zero-order valence-electron chi connectivity index (χ0n) is 7.97. The maximum absolute atomic E-state index is 5.19. The Morgan fingerprint density at radius 3 is 2.55 bits per heavy atom. The van der Waals surface area contributed by atoms with Gasteiger partial charge in [0.15, 0.2) is 0 Å². The molecule has 0 radical (unpaired) electrons. The van der Waals surface area contributed by atoms with Crippen molar-refractivity contribution in [2.45, 2.75) is 45.6 Å². The van der Waals surface area contributed by atoms with E-state index in [9.17, 15) is 0 Å². The lowest BCUT2D eigenvalue weighted by molar-refractivity contribution is 0.138. The summed E-state index contributed by atoms with van der Waals surface area (Å²) in [6, 6.07) is 0. The van der Waals surface area contributed by atoms with Crippen LogP contribution in [0.2, 0.25) is 0 Å². The van der Waals surface area contributed by atoms with E-state index in [1.54, 1.807) is 7.11 Å². The van der Waals surface area contributed by atoms with E-state index in [2.05, 4.69) is 26.0 Å². The SMILES string of the molecule is CCCC/C=C/[C@@H](CC)OC. The molecule has 0 saturated heterocycles. The van der Waals surface area contributed by atoms with Crippen LogP contribution in [-0.4, -0.2) is 13.2 Å². The van der Waals surface area contributed by atoms with E-state index in [1.165, 1.54) is 19.3 Å². The number of hydrogen-bond donors (Lipinski definition) is 0. The van der Waals surface area contributed by atoms with E-state index >= 15 is 0 Å². The van der Waals surface area contributed by atoms with Crippen LogP contribution in [0.15, 0.2) is 12.2 Å². The minimum atomic E-state index is 0.326. The molecule has 0 aromatic carbocycles. The quantitative estimate of drug-likeness (QED) is 0.424. The fraction of sp³-hybridized carbons (Fsp3) is 0.800. The molecular weight excluding hydrogens is 136 g/mol. The average molecular weight is 156 g/mol. The van der Waals surface area contributed by atoms with Crippen LogP contribution in [0.3, 0.4) is 0 Å². The highest BCUT2D eigenvalue weighted by Crippen LogP contribution is 2.01. The Hall–Kier alpha value is -0.300. The van der Waals surface area contributed by atoms with Crippen molar-refractivity contribution < 1.29 is 4.74 Å². The second kappa shape index (κ2) is 7.80. The first-order valence-corrected chi connectivity index (χ1v) is 4.54. The first-order chi connectivity index (χ1) is 5.35. The van der Waals surface area contributed by atoms with Gasteiger partial charge in [0.25, 0.3) is 0 Å². The van der Waals surface area contributed by atoms with Gasteiger partial charge in [-0.25, -0.2) is 0 Å². The molecule has 1 heteroatoms. The summed E-state index contributed by atoms with van der Waals surface area (Å²) in [5.41, 5.74) is 0. The predicted octanol–water partition coefficient (Wildman–Crippen LogP) is 3.16. The van der Waals surface area contributed by atoms with Gasteiger partial charge in [0, 0.05) is 7.11 Å². The first-order valence-electron chi connectivity index (χ1n) is 4.54. The van der Waals surface area contributed by atoms with Crippen molar-refractivity contribution in [3.8, 4) is 0 Å². The number of hydrogen-bond acceptors (Lipinski definition) is 1. The second-order valence-electron chi connectivity index (χ2n) is 2.75. The molecule has 0 heterocycles. The molecule has 0 amide bonds. The van der Waals surface area contributed by atoms with Crippen molar-refractivity contribution in [3.05, 3.63) is 12.2 Å². The third-order valence-electron chi connectivity index (χ3n) is 1.78. The molecule has 1 nitrogen and oxygen atoms in total. The highest BCUT2D eigenvalue weighted by molar-refractivity contribution is 4.88.